The second kappa shape index (κ2) is 5.58. The van der Waals surface area contributed by atoms with Crippen LogP contribution in [-0.2, 0) is 10.4 Å². The monoisotopic (exact) mass is 261 g/mol. The van der Waals surface area contributed by atoms with Crippen LogP contribution in [-0.4, -0.2) is 17.6 Å². The molecule has 0 aliphatic carbocycles. The van der Waals surface area contributed by atoms with Gasteiger partial charge in [0.2, 0.25) is 5.91 Å². The molecule has 0 bridgehead atoms. The van der Waals surface area contributed by atoms with Gasteiger partial charge in [-0.05, 0) is 31.2 Å². The molecule has 0 aliphatic heterocycles. The molecule has 100 valence electrons. The summed E-state index contributed by atoms with van der Waals surface area (Å²) in [7, 11) is 0. The molecule has 0 aliphatic rings. The first-order valence-corrected chi connectivity index (χ1v) is 5.82. The van der Waals surface area contributed by atoms with Crippen molar-refractivity contribution in [2.75, 3.05) is 6.54 Å². The number of amides is 1. The highest BCUT2D eigenvalue weighted by atomic mass is 16.4. The fourth-order valence-electron chi connectivity index (χ4n) is 1.53. The van der Waals surface area contributed by atoms with E-state index in [0.29, 0.717) is 5.76 Å². The second-order valence-corrected chi connectivity index (χ2v) is 4.36. The number of furan rings is 2. The topological polar surface area (TPSA) is 75.6 Å². The highest BCUT2D eigenvalue weighted by molar-refractivity contribution is 5.91. The minimum atomic E-state index is -1.23. The molecule has 2 aromatic heterocycles. The molecule has 5 heteroatoms. The van der Waals surface area contributed by atoms with Crippen LogP contribution in [0.1, 0.15) is 18.2 Å². The zero-order chi connectivity index (χ0) is 13.7. The van der Waals surface area contributed by atoms with Gasteiger partial charge in [0.1, 0.15) is 11.4 Å². The minimum absolute atomic E-state index is 0.0646. The summed E-state index contributed by atoms with van der Waals surface area (Å²) in [5.74, 6) is 0.111. The van der Waals surface area contributed by atoms with Crippen molar-refractivity contribution < 1.29 is 18.7 Å². The summed E-state index contributed by atoms with van der Waals surface area (Å²) >= 11 is 0. The van der Waals surface area contributed by atoms with Crippen LogP contribution in [0.2, 0.25) is 0 Å². The number of aliphatic hydroxyl groups is 1. The van der Waals surface area contributed by atoms with Gasteiger partial charge < -0.3 is 19.3 Å². The van der Waals surface area contributed by atoms with Crippen molar-refractivity contribution in [1.82, 2.24) is 5.32 Å². The highest BCUT2D eigenvalue weighted by Crippen LogP contribution is 2.19. The number of hydrogen-bond acceptors (Lipinski definition) is 4. The van der Waals surface area contributed by atoms with Gasteiger partial charge in [-0.3, -0.25) is 4.79 Å². The second-order valence-electron chi connectivity index (χ2n) is 4.36. The molecule has 0 radical (unpaired) electrons. The van der Waals surface area contributed by atoms with Crippen molar-refractivity contribution in [3.8, 4) is 0 Å². The largest absolute Gasteiger partial charge is 0.472 e. The molecule has 2 aromatic rings. The van der Waals surface area contributed by atoms with E-state index in [1.807, 2.05) is 0 Å². The van der Waals surface area contributed by atoms with Gasteiger partial charge in [0, 0.05) is 11.6 Å². The van der Waals surface area contributed by atoms with Crippen LogP contribution >= 0.6 is 0 Å². The molecule has 0 saturated heterocycles. The number of hydrogen-bond donors (Lipinski definition) is 2. The van der Waals surface area contributed by atoms with Crippen molar-refractivity contribution in [3.63, 3.8) is 0 Å². The molecule has 0 aromatic carbocycles. The minimum Gasteiger partial charge on any atom is -0.472 e. The number of nitrogens with one attached hydrogen (secondary N) is 1. The van der Waals surface area contributed by atoms with Crippen LogP contribution in [0.15, 0.2) is 51.9 Å². The Balaban J connectivity index is 1.87. The van der Waals surface area contributed by atoms with Gasteiger partial charge in [0.05, 0.1) is 25.3 Å². The molecular formula is C14H15NO4. The predicted octanol–water partition coefficient (Wildman–Crippen LogP) is 1.91. The third-order valence-electron chi connectivity index (χ3n) is 2.63. The van der Waals surface area contributed by atoms with Crippen LogP contribution in [0.25, 0.3) is 6.08 Å². The van der Waals surface area contributed by atoms with Gasteiger partial charge >= 0.3 is 0 Å². The lowest BCUT2D eigenvalue weighted by Gasteiger charge is -2.20. The van der Waals surface area contributed by atoms with Crippen molar-refractivity contribution in [3.05, 3.63) is 54.4 Å². The fraction of sp³-hybridized carbons (Fsp3) is 0.214. The smallest absolute Gasteiger partial charge is 0.244 e. The summed E-state index contributed by atoms with van der Waals surface area (Å²) in [4.78, 5) is 11.6. The number of carbonyl (C=O) groups excluding carboxylic acids is 1. The van der Waals surface area contributed by atoms with Gasteiger partial charge in [-0.15, -0.1) is 0 Å². The molecule has 0 unspecified atom stereocenters. The van der Waals surface area contributed by atoms with Crippen molar-refractivity contribution in [2.45, 2.75) is 12.5 Å². The molecule has 2 heterocycles. The van der Waals surface area contributed by atoms with Crippen molar-refractivity contribution in [1.29, 1.82) is 0 Å². The quantitative estimate of drug-likeness (QED) is 0.806. The Morgan fingerprint density at radius 1 is 1.47 bits per heavy atom. The van der Waals surface area contributed by atoms with Crippen LogP contribution in [0.3, 0.4) is 0 Å². The summed E-state index contributed by atoms with van der Waals surface area (Å²) in [5.41, 5.74) is -0.434. The average molecular weight is 261 g/mol. The standard InChI is InChI=1S/C14H15NO4/c1-14(17,12-3-2-7-19-12)10-15-13(16)5-4-11-6-8-18-9-11/h2-9,17H,10H2,1H3,(H,15,16)/b5-4+/t14-/m0/s1. The van der Waals surface area contributed by atoms with E-state index in [-0.39, 0.29) is 12.5 Å². The molecule has 1 amide bonds. The van der Waals surface area contributed by atoms with Gasteiger partial charge in [-0.1, -0.05) is 0 Å². The lowest BCUT2D eigenvalue weighted by molar-refractivity contribution is -0.117. The number of rotatable bonds is 5. The van der Waals surface area contributed by atoms with Gasteiger partial charge in [0.15, 0.2) is 0 Å². The molecule has 2 rings (SSSR count). The van der Waals surface area contributed by atoms with Gasteiger partial charge in [-0.25, -0.2) is 0 Å². The Morgan fingerprint density at radius 3 is 2.95 bits per heavy atom. The van der Waals surface area contributed by atoms with E-state index >= 15 is 0 Å². The molecule has 0 saturated carbocycles. The predicted molar refractivity (Wildman–Crippen MR) is 69.0 cm³/mol. The Labute approximate surface area is 110 Å². The van der Waals surface area contributed by atoms with Crippen LogP contribution in [0.5, 0.6) is 0 Å². The molecular weight excluding hydrogens is 246 g/mol. The first-order valence-electron chi connectivity index (χ1n) is 5.82. The van der Waals surface area contributed by atoms with Crippen molar-refractivity contribution >= 4 is 12.0 Å². The zero-order valence-corrected chi connectivity index (χ0v) is 10.5. The van der Waals surface area contributed by atoms with Gasteiger partial charge in [-0.2, -0.15) is 0 Å². The summed E-state index contributed by atoms with van der Waals surface area (Å²) in [6.45, 7) is 1.64. The van der Waals surface area contributed by atoms with E-state index in [4.69, 9.17) is 8.83 Å². The Bertz CT molecular complexity index is 538. The van der Waals surface area contributed by atoms with E-state index in [9.17, 15) is 9.90 Å². The summed E-state index contributed by atoms with van der Waals surface area (Å²) < 4.78 is 9.99. The molecule has 0 fully saturated rings. The third-order valence-corrected chi connectivity index (χ3v) is 2.63. The van der Waals surface area contributed by atoms with E-state index in [1.165, 1.54) is 24.9 Å². The fourth-order valence-corrected chi connectivity index (χ4v) is 1.53. The van der Waals surface area contributed by atoms with E-state index < -0.39 is 5.60 Å². The highest BCUT2D eigenvalue weighted by Gasteiger charge is 2.26. The maximum atomic E-state index is 11.6. The first kappa shape index (κ1) is 13.2. The summed E-state index contributed by atoms with van der Waals surface area (Å²) in [5, 5.41) is 12.7. The number of carbonyl (C=O) groups is 1. The Hall–Kier alpha value is -2.27. The summed E-state index contributed by atoms with van der Waals surface area (Å²) in [6.07, 6.45) is 7.54. The normalized spacial score (nSPS) is 14.4. The molecule has 2 N–H and O–H groups in total. The lowest BCUT2D eigenvalue weighted by atomic mass is 10.0. The van der Waals surface area contributed by atoms with E-state index in [0.717, 1.165) is 5.56 Å². The van der Waals surface area contributed by atoms with Crippen molar-refractivity contribution in [2.24, 2.45) is 0 Å². The van der Waals surface area contributed by atoms with Crippen LogP contribution in [0.4, 0.5) is 0 Å². The average Bonchev–Trinajstić information content (AvgIpc) is 3.06. The molecule has 1 atom stereocenters. The Morgan fingerprint density at radius 2 is 2.32 bits per heavy atom. The van der Waals surface area contributed by atoms with Crippen LogP contribution < -0.4 is 5.32 Å². The van der Waals surface area contributed by atoms with Gasteiger partial charge in [0.25, 0.3) is 0 Å². The maximum Gasteiger partial charge on any atom is 0.244 e. The zero-order valence-electron chi connectivity index (χ0n) is 10.5. The van der Waals surface area contributed by atoms with Crippen LogP contribution in [0, 0.1) is 0 Å². The third kappa shape index (κ3) is 3.59. The summed E-state index contributed by atoms with van der Waals surface area (Å²) in [6, 6.07) is 5.08. The van der Waals surface area contributed by atoms with E-state index in [2.05, 4.69) is 5.32 Å². The molecule has 19 heavy (non-hydrogen) atoms. The molecule has 5 nitrogen and oxygen atoms in total. The lowest BCUT2D eigenvalue weighted by Crippen LogP contribution is -2.37. The maximum absolute atomic E-state index is 11.6. The van der Waals surface area contributed by atoms with E-state index in [1.54, 1.807) is 31.2 Å². The molecule has 0 spiro atoms. The Kier molecular flexibility index (Phi) is 3.87. The first-order chi connectivity index (χ1) is 9.08. The SMILES string of the molecule is C[C@](O)(CNC(=O)/C=C/c1ccoc1)c1ccco1.